The molecule has 1 saturated heterocycles. The summed E-state index contributed by atoms with van der Waals surface area (Å²) in [5.41, 5.74) is -0.360. The number of hydrogen-bond donors (Lipinski definition) is 1. The van der Waals surface area contributed by atoms with Crippen molar-refractivity contribution in [2.75, 3.05) is 39.5 Å². The van der Waals surface area contributed by atoms with E-state index in [2.05, 4.69) is 15.0 Å². The lowest BCUT2D eigenvalue weighted by Gasteiger charge is -2.36. The van der Waals surface area contributed by atoms with Gasteiger partial charge in [-0.15, -0.1) is 0 Å². The number of halogens is 6. The zero-order valence-corrected chi connectivity index (χ0v) is 20.6. The van der Waals surface area contributed by atoms with Crippen molar-refractivity contribution in [3.63, 3.8) is 0 Å². The van der Waals surface area contributed by atoms with E-state index >= 15 is 0 Å². The average molecular weight is 543 g/mol. The normalized spacial score (nSPS) is 16.8. The van der Waals surface area contributed by atoms with Crippen molar-refractivity contribution in [2.45, 2.75) is 63.8 Å². The predicted molar refractivity (Wildman–Crippen MR) is 122 cm³/mol. The van der Waals surface area contributed by atoms with Gasteiger partial charge in [0.25, 0.3) is 5.91 Å². The molecule has 1 N–H and O–H groups in total. The Bertz CT molecular complexity index is 878. The highest BCUT2D eigenvalue weighted by molar-refractivity contribution is 5.97. The maximum atomic E-state index is 12.9. The number of likely N-dealkylation sites (tertiary alicyclic amines) is 1. The number of rotatable bonds is 13. The fourth-order valence-electron chi connectivity index (χ4n) is 3.94. The molecule has 1 amide bonds. The first-order valence-electron chi connectivity index (χ1n) is 12.1. The Kier molecular flexibility index (Phi) is 11.8. The van der Waals surface area contributed by atoms with Gasteiger partial charge in [-0.05, 0) is 63.9 Å². The van der Waals surface area contributed by atoms with Crippen LogP contribution in [0.15, 0.2) is 18.2 Å². The number of esters is 1. The molecule has 1 unspecified atom stereocenters. The highest BCUT2D eigenvalue weighted by Gasteiger charge is 2.31. The third-order valence-corrected chi connectivity index (χ3v) is 5.62. The second kappa shape index (κ2) is 14.3. The Labute approximate surface area is 211 Å². The lowest BCUT2D eigenvalue weighted by atomic mass is 10.0. The van der Waals surface area contributed by atoms with Gasteiger partial charge in [0.1, 0.15) is 11.5 Å². The summed E-state index contributed by atoms with van der Waals surface area (Å²) in [7, 11) is 0. The summed E-state index contributed by atoms with van der Waals surface area (Å²) in [6.07, 6.45) is -4.90. The number of piperidine rings is 1. The molecule has 2 rings (SSSR count). The minimum Gasteiger partial charge on any atom is -0.484 e. The molecular formula is C24H32F6N2O5. The Balaban J connectivity index is 2.02. The van der Waals surface area contributed by atoms with E-state index in [4.69, 9.17) is 9.47 Å². The Hall–Kier alpha value is -2.70. The third-order valence-electron chi connectivity index (χ3n) is 5.62. The summed E-state index contributed by atoms with van der Waals surface area (Å²) >= 11 is 0. The van der Waals surface area contributed by atoms with E-state index in [1.165, 1.54) is 0 Å². The minimum absolute atomic E-state index is 0.0375. The van der Waals surface area contributed by atoms with Gasteiger partial charge in [-0.1, -0.05) is 6.42 Å². The molecule has 1 aliphatic heterocycles. The molecule has 0 spiro atoms. The van der Waals surface area contributed by atoms with Gasteiger partial charge >= 0.3 is 18.3 Å². The van der Waals surface area contributed by atoms with E-state index in [9.17, 15) is 35.9 Å². The summed E-state index contributed by atoms with van der Waals surface area (Å²) in [5.74, 6) is -1.80. The fourth-order valence-corrected chi connectivity index (χ4v) is 3.94. The first-order valence-corrected chi connectivity index (χ1v) is 12.1. The van der Waals surface area contributed by atoms with Crippen molar-refractivity contribution >= 4 is 11.9 Å². The van der Waals surface area contributed by atoms with Crippen LogP contribution in [0.1, 0.15) is 55.8 Å². The van der Waals surface area contributed by atoms with Crippen LogP contribution >= 0.6 is 0 Å². The zero-order valence-electron chi connectivity index (χ0n) is 20.6. The number of carbonyl (C=O) groups excluding carboxylic acids is 2. The van der Waals surface area contributed by atoms with Gasteiger partial charge in [0.2, 0.25) is 0 Å². The van der Waals surface area contributed by atoms with Crippen molar-refractivity contribution in [2.24, 2.45) is 0 Å². The van der Waals surface area contributed by atoms with Gasteiger partial charge < -0.3 is 19.5 Å². The van der Waals surface area contributed by atoms with Crippen molar-refractivity contribution in [3.8, 4) is 11.5 Å². The Morgan fingerprint density at radius 2 is 1.73 bits per heavy atom. The van der Waals surface area contributed by atoms with E-state index < -0.39 is 37.2 Å². The Morgan fingerprint density at radius 3 is 2.41 bits per heavy atom. The van der Waals surface area contributed by atoms with Crippen LogP contribution in [-0.2, 0) is 9.53 Å². The van der Waals surface area contributed by atoms with Crippen LogP contribution in [0.4, 0.5) is 26.3 Å². The third kappa shape index (κ3) is 11.9. The van der Waals surface area contributed by atoms with E-state index in [0.717, 1.165) is 50.4 Å². The van der Waals surface area contributed by atoms with Crippen LogP contribution in [0.5, 0.6) is 11.5 Å². The second-order valence-electron chi connectivity index (χ2n) is 8.62. The van der Waals surface area contributed by atoms with Gasteiger partial charge in [0.05, 0.1) is 12.2 Å². The van der Waals surface area contributed by atoms with E-state index in [1.807, 2.05) is 0 Å². The number of ether oxygens (including phenoxy) is 3. The van der Waals surface area contributed by atoms with Crippen molar-refractivity contribution in [1.29, 1.82) is 0 Å². The van der Waals surface area contributed by atoms with Crippen molar-refractivity contribution < 1.29 is 50.1 Å². The van der Waals surface area contributed by atoms with Gasteiger partial charge in [-0.2, -0.15) is 26.3 Å². The average Bonchev–Trinajstić information content (AvgIpc) is 2.82. The second-order valence-corrected chi connectivity index (χ2v) is 8.62. The first-order chi connectivity index (χ1) is 17.4. The molecule has 0 saturated carbocycles. The molecule has 1 aromatic carbocycles. The predicted octanol–water partition coefficient (Wildman–Crippen LogP) is 4.89. The number of hydrogen-bond acceptors (Lipinski definition) is 6. The molecule has 210 valence electrons. The van der Waals surface area contributed by atoms with Crippen molar-refractivity contribution in [3.05, 3.63) is 23.8 Å². The van der Waals surface area contributed by atoms with Gasteiger partial charge in [-0.3, -0.25) is 14.5 Å². The molecule has 13 heteroatoms. The number of unbranched alkanes of at least 4 members (excludes halogenated alkanes) is 1. The summed E-state index contributed by atoms with van der Waals surface area (Å²) in [5, 5.41) is 2.67. The molecule has 0 bridgehead atoms. The van der Waals surface area contributed by atoms with Crippen LogP contribution in [0.2, 0.25) is 0 Å². The molecule has 0 aromatic heterocycles. The lowest BCUT2D eigenvalue weighted by Crippen LogP contribution is -2.47. The molecule has 1 atom stereocenters. The number of alkyl halides is 6. The summed E-state index contributed by atoms with van der Waals surface area (Å²) in [6.45, 7) is 0.446. The van der Waals surface area contributed by atoms with E-state index in [-0.39, 0.29) is 29.9 Å². The van der Waals surface area contributed by atoms with Crippen LogP contribution in [0.3, 0.4) is 0 Å². The van der Waals surface area contributed by atoms with Gasteiger partial charge in [-0.25, -0.2) is 0 Å². The number of amides is 1. The standard InChI is InChI=1S/C24H32F6N2O5/c1-2-35-21(33)8-4-6-12-32-11-5-3-7-17(32)14-31-22(34)19-13-18(36-15-23(25,26)27)9-10-20(19)37-16-24(28,29)30/h9-10,13,17H,2-8,11-12,14-16H2,1H3,(H,31,34). The number of benzene rings is 1. The smallest absolute Gasteiger partial charge is 0.422 e. The molecule has 1 fully saturated rings. The highest BCUT2D eigenvalue weighted by Crippen LogP contribution is 2.28. The van der Waals surface area contributed by atoms with Crippen LogP contribution in [-0.4, -0.2) is 74.6 Å². The highest BCUT2D eigenvalue weighted by atomic mass is 19.4. The van der Waals surface area contributed by atoms with E-state index in [1.54, 1.807) is 6.92 Å². The van der Waals surface area contributed by atoms with Crippen LogP contribution in [0, 0.1) is 0 Å². The Morgan fingerprint density at radius 1 is 1.03 bits per heavy atom. The monoisotopic (exact) mass is 542 g/mol. The van der Waals surface area contributed by atoms with Gasteiger partial charge in [0, 0.05) is 19.0 Å². The molecule has 0 radical (unpaired) electrons. The minimum atomic E-state index is -4.67. The largest absolute Gasteiger partial charge is 0.484 e. The summed E-state index contributed by atoms with van der Waals surface area (Å²) in [4.78, 5) is 26.5. The number of carbonyl (C=O) groups is 2. The SMILES string of the molecule is CCOC(=O)CCCCN1CCCCC1CNC(=O)c1cc(OCC(F)(F)F)ccc1OCC(F)(F)F. The fraction of sp³-hybridized carbons (Fsp3) is 0.667. The lowest BCUT2D eigenvalue weighted by molar-refractivity contribution is -0.154. The molecule has 1 aromatic rings. The number of nitrogens with one attached hydrogen (secondary N) is 1. The molecular weight excluding hydrogens is 510 g/mol. The topological polar surface area (TPSA) is 77.1 Å². The van der Waals surface area contributed by atoms with Crippen molar-refractivity contribution in [1.82, 2.24) is 10.2 Å². The van der Waals surface area contributed by atoms with Crippen LogP contribution in [0.25, 0.3) is 0 Å². The molecule has 1 aliphatic rings. The van der Waals surface area contributed by atoms with E-state index in [0.29, 0.717) is 26.0 Å². The quantitative estimate of drug-likeness (QED) is 0.217. The maximum Gasteiger partial charge on any atom is 0.422 e. The van der Waals surface area contributed by atoms with Crippen LogP contribution < -0.4 is 14.8 Å². The summed E-state index contributed by atoms with van der Waals surface area (Å²) < 4.78 is 89.7. The maximum absolute atomic E-state index is 12.9. The zero-order chi connectivity index (χ0) is 27.5. The molecule has 1 heterocycles. The summed E-state index contributed by atoms with van der Waals surface area (Å²) in [6, 6.07) is 2.88. The molecule has 0 aliphatic carbocycles. The first kappa shape index (κ1) is 30.5. The molecule has 37 heavy (non-hydrogen) atoms. The van der Waals surface area contributed by atoms with Gasteiger partial charge in [0.15, 0.2) is 13.2 Å². The number of nitrogens with zero attached hydrogens (tertiary/aromatic N) is 1. The molecule has 7 nitrogen and oxygen atoms in total.